The lowest BCUT2D eigenvalue weighted by Gasteiger charge is -2.44. The Kier molecular flexibility index (Phi) is 6.53. The quantitative estimate of drug-likeness (QED) is 0.575. The van der Waals surface area contributed by atoms with Gasteiger partial charge in [-0.25, -0.2) is 4.39 Å². The van der Waals surface area contributed by atoms with Crippen molar-refractivity contribution in [3.8, 4) is 0 Å². The Morgan fingerprint density at radius 1 is 1.25 bits per heavy atom. The van der Waals surface area contributed by atoms with Crippen LogP contribution in [0.3, 0.4) is 0 Å². The number of esters is 1. The number of halogens is 2. The van der Waals surface area contributed by atoms with Crippen molar-refractivity contribution < 1.29 is 18.5 Å². The van der Waals surface area contributed by atoms with Crippen molar-refractivity contribution in [2.45, 2.75) is 51.8 Å². The number of ether oxygens (including phenoxy) is 1. The Morgan fingerprint density at radius 3 is 2.25 bits per heavy atom. The van der Waals surface area contributed by atoms with Crippen LogP contribution in [0, 0.1) is 11.2 Å². The van der Waals surface area contributed by atoms with Crippen LogP contribution in [0.5, 0.6) is 0 Å². The Bertz CT molecular complexity index is 618. The molecule has 0 fully saturated rings. The van der Waals surface area contributed by atoms with Crippen LogP contribution in [0.4, 0.5) is 4.39 Å². The maximum absolute atomic E-state index is 14.6. The van der Waals surface area contributed by atoms with E-state index >= 15 is 0 Å². The summed E-state index contributed by atoms with van der Waals surface area (Å²) in [6.45, 7) is 10.4. The lowest BCUT2D eigenvalue weighted by Crippen LogP contribution is -2.59. The minimum absolute atomic E-state index is 0.241. The number of carbonyl (C=O) groups is 1. The molecule has 0 unspecified atom stereocenters. The average molecular weight is 422 g/mol. The second-order valence-electron chi connectivity index (χ2n) is 7.35. The molecule has 1 rings (SSSR count). The zero-order valence-corrected chi connectivity index (χ0v) is 17.5. The highest BCUT2D eigenvalue weighted by atomic mass is 79.9. The molecule has 7 heteroatoms. The molecule has 1 N–H and O–H groups in total. The number of methoxy groups -OCH3 is 1. The molecule has 2 atom stereocenters. The molecule has 0 saturated carbocycles. The van der Waals surface area contributed by atoms with Gasteiger partial charge in [-0.3, -0.25) is 4.79 Å². The summed E-state index contributed by atoms with van der Waals surface area (Å²) in [5.41, 5.74) is -2.19. The molecular formula is C17H25BrFNO3S. The zero-order valence-electron chi connectivity index (χ0n) is 15.1. The summed E-state index contributed by atoms with van der Waals surface area (Å²) >= 11 is 1.80. The van der Waals surface area contributed by atoms with E-state index in [0.717, 1.165) is 0 Å². The predicted molar refractivity (Wildman–Crippen MR) is 98.3 cm³/mol. The van der Waals surface area contributed by atoms with E-state index in [1.54, 1.807) is 53.7 Å². The highest BCUT2D eigenvalue weighted by Crippen LogP contribution is 2.43. The topological polar surface area (TPSA) is 61.4 Å². The molecule has 0 saturated heterocycles. The highest BCUT2D eigenvalue weighted by molar-refractivity contribution is 9.10. The Balaban J connectivity index is 3.57. The van der Waals surface area contributed by atoms with Crippen LogP contribution >= 0.6 is 15.9 Å². The smallest absolute Gasteiger partial charge is 0.313 e. The van der Waals surface area contributed by atoms with Crippen molar-refractivity contribution in [3.05, 3.63) is 34.1 Å². The van der Waals surface area contributed by atoms with Gasteiger partial charge in [0.1, 0.15) is 16.1 Å². The third-order valence-electron chi connectivity index (χ3n) is 4.27. The van der Waals surface area contributed by atoms with E-state index in [0.29, 0.717) is 4.47 Å². The van der Waals surface area contributed by atoms with E-state index in [-0.39, 0.29) is 5.56 Å². The summed E-state index contributed by atoms with van der Waals surface area (Å²) in [4.78, 5) is 12.4. The summed E-state index contributed by atoms with van der Waals surface area (Å²) in [6, 6.07) is 4.48. The lowest BCUT2D eigenvalue weighted by atomic mass is 9.69. The van der Waals surface area contributed by atoms with Crippen molar-refractivity contribution >= 4 is 33.3 Å². The number of hydrogen-bond donors (Lipinski definition) is 1. The molecule has 0 spiro atoms. The lowest BCUT2D eigenvalue weighted by molar-refractivity contribution is -0.155. The van der Waals surface area contributed by atoms with Gasteiger partial charge in [0.05, 0.1) is 12.5 Å². The maximum atomic E-state index is 14.6. The van der Waals surface area contributed by atoms with Gasteiger partial charge in [0, 0.05) is 21.4 Å². The molecule has 0 aromatic heterocycles. The average Bonchev–Trinajstić information content (AvgIpc) is 2.47. The van der Waals surface area contributed by atoms with Crippen molar-refractivity contribution in [1.82, 2.24) is 4.72 Å². The molecule has 4 nitrogen and oxygen atoms in total. The van der Waals surface area contributed by atoms with E-state index in [4.69, 9.17) is 4.74 Å². The molecule has 136 valence electrons. The van der Waals surface area contributed by atoms with Crippen LogP contribution in [0.2, 0.25) is 0 Å². The largest absolute Gasteiger partial charge is 0.598 e. The first-order chi connectivity index (χ1) is 10.8. The first-order valence-corrected chi connectivity index (χ1v) is 9.45. The maximum Gasteiger partial charge on any atom is 0.313 e. The van der Waals surface area contributed by atoms with Crippen molar-refractivity contribution in [2.75, 3.05) is 7.11 Å². The fourth-order valence-corrected chi connectivity index (χ4v) is 3.60. The third-order valence-corrected chi connectivity index (χ3v) is 6.47. The molecule has 0 radical (unpaired) electrons. The standard InChI is InChI=1S/C17H25BrFNO3S/c1-15(2,3)24(22)20-17(6,16(4,5)14(21)23-7)12-10-11(18)8-9-13(12)19/h8-10,20H,1-7H3/t17-,24+/m1/s1. The Hall–Kier alpha value is -0.630. The zero-order chi connectivity index (χ0) is 18.9. The van der Waals surface area contributed by atoms with Crippen LogP contribution in [0.15, 0.2) is 22.7 Å². The molecule has 0 aliphatic heterocycles. The van der Waals surface area contributed by atoms with Gasteiger partial charge in [-0.2, -0.15) is 0 Å². The van der Waals surface area contributed by atoms with Gasteiger partial charge in [0.25, 0.3) is 0 Å². The minimum Gasteiger partial charge on any atom is -0.598 e. The van der Waals surface area contributed by atoms with Gasteiger partial charge in [0.15, 0.2) is 0 Å². The van der Waals surface area contributed by atoms with Gasteiger partial charge in [0.2, 0.25) is 0 Å². The fourth-order valence-electron chi connectivity index (χ4n) is 2.20. The van der Waals surface area contributed by atoms with E-state index < -0.39 is 38.8 Å². The summed E-state index contributed by atoms with van der Waals surface area (Å²) in [5.74, 6) is -1.01. The first kappa shape index (κ1) is 21.4. The molecule has 1 aromatic rings. The normalized spacial score (nSPS) is 16.4. The molecule has 0 heterocycles. The van der Waals surface area contributed by atoms with E-state index in [1.807, 2.05) is 0 Å². The number of hydrogen-bond acceptors (Lipinski definition) is 4. The number of rotatable bonds is 5. The SMILES string of the molecule is COC(=O)C(C)(C)[C@](C)(N[S@@+]([O-])C(C)(C)C)c1cc(Br)ccc1F. The molecule has 24 heavy (non-hydrogen) atoms. The summed E-state index contributed by atoms with van der Waals surface area (Å²) in [7, 11) is 1.28. The van der Waals surface area contributed by atoms with Gasteiger partial charge in [-0.15, -0.1) is 4.72 Å². The van der Waals surface area contributed by atoms with Crippen molar-refractivity contribution in [2.24, 2.45) is 5.41 Å². The number of carbonyl (C=O) groups excluding carboxylic acids is 1. The van der Waals surface area contributed by atoms with Crippen LogP contribution in [0.25, 0.3) is 0 Å². The van der Waals surface area contributed by atoms with Gasteiger partial charge in [-0.1, -0.05) is 15.9 Å². The van der Waals surface area contributed by atoms with Crippen LogP contribution in [0.1, 0.15) is 47.1 Å². The second-order valence-corrected chi connectivity index (χ2v) is 10.2. The van der Waals surface area contributed by atoms with Crippen molar-refractivity contribution in [1.29, 1.82) is 0 Å². The molecule has 0 aliphatic rings. The second kappa shape index (κ2) is 7.32. The predicted octanol–water partition coefficient (Wildman–Crippen LogP) is 4.05. The van der Waals surface area contributed by atoms with Crippen LogP contribution in [-0.4, -0.2) is 22.4 Å². The van der Waals surface area contributed by atoms with Gasteiger partial charge >= 0.3 is 5.97 Å². The van der Waals surface area contributed by atoms with Crippen molar-refractivity contribution in [3.63, 3.8) is 0 Å². The number of nitrogens with one attached hydrogen (secondary N) is 1. The molecule has 1 aromatic carbocycles. The molecule has 0 aliphatic carbocycles. The monoisotopic (exact) mass is 421 g/mol. The first-order valence-electron chi connectivity index (χ1n) is 7.51. The van der Waals surface area contributed by atoms with Gasteiger partial charge < -0.3 is 9.29 Å². The van der Waals surface area contributed by atoms with E-state index in [2.05, 4.69) is 20.7 Å². The number of benzene rings is 1. The summed E-state index contributed by atoms with van der Waals surface area (Å²) in [6.07, 6.45) is 0. The fraction of sp³-hybridized carbons (Fsp3) is 0.588. The molecule has 0 amide bonds. The van der Waals surface area contributed by atoms with E-state index in [9.17, 15) is 13.7 Å². The Labute approximate surface area is 155 Å². The third kappa shape index (κ3) is 4.12. The van der Waals surface area contributed by atoms with Crippen LogP contribution < -0.4 is 4.72 Å². The summed E-state index contributed by atoms with van der Waals surface area (Å²) in [5, 5.41) is 0. The minimum atomic E-state index is -1.53. The van der Waals surface area contributed by atoms with Gasteiger partial charge in [-0.05, 0) is 59.7 Å². The molecule has 0 bridgehead atoms. The highest BCUT2D eigenvalue weighted by Gasteiger charge is 2.54. The van der Waals surface area contributed by atoms with E-state index in [1.165, 1.54) is 13.2 Å². The summed E-state index contributed by atoms with van der Waals surface area (Å²) < 4.78 is 35.3. The Morgan fingerprint density at radius 2 is 1.79 bits per heavy atom. The molecular weight excluding hydrogens is 397 g/mol. The van der Waals surface area contributed by atoms with Crippen LogP contribution in [-0.2, 0) is 26.4 Å².